The number of hydrogen-bond donors (Lipinski definition) is 2. The second-order valence-corrected chi connectivity index (χ2v) is 6.34. The Balaban J connectivity index is 1.98. The fourth-order valence-electron chi connectivity index (χ4n) is 2.13. The number of benzene rings is 2. The van der Waals surface area contributed by atoms with Gasteiger partial charge in [0.1, 0.15) is 11.9 Å². The van der Waals surface area contributed by atoms with E-state index in [1.165, 1.54) is 12.1 Å². The van der Waals surface area contributed by atoms with Crippen molar-refractivity contribution >= 4 is 17.4 Å². The molecule has 0 aliphatic rings. The lowest BCUT2D eigenvalue weighted by Crippen LogP contribution is -2.07. The minimum atomic E-state index is -0.491. The van der Waals surface area contributed by atoms with E-state index in [4.69, 9.17) is 10.4 Å². The van der Waals surface area contributed by atoms with Crippen molar-refractivity contribution in [1.29, 1.82) is 5.26 Å². The number of anilines is 1. The van der Waals surface area contributed by atoms with Crippen LogP contribution in [0.2, 0.25) is 0 Å². The zero-order valence-electron chi connectivity index (χ0n) is 12.9. The molecule has 0 heterocycles. The van der Waals surface area contributed by atoms with Crippen molar-refractivity contribution < 1.29 is 9.50 Å². The molecule has 3 nitrogen and oxygen atoms in total. The molecule has 0 aliphatic heterocycles. The molecule has 0 fully saturated rings. The van der Waals surface area contributed by atoms with Gasteiger partial charge in [-0.25, -0.2) is 4.39 Å². The molecule has 0 saturated carbocycles. The molecule has 1 atom stereocenters. The van der Waals surface area contributed by atoms with Gasteiger partial charge in [-0.15, -0.1) is 11.8 Å². The van der Waals surface area contributed by atoms with Crippen LogP contribution in [0.3, 0.4) is 0 Å². The third-order valence-electron chi connectivity index (χ3n) is 3.42. The van der Waals surface area contributed by atoms with Crippen LogP contribution in [0.5, 0.6) is 0 Å². The minimum Gasteiger partial charge on any atom is -0.396 e. The number of thioether (sulfide) groups is 1. The maximum Gasteiger partial charge on any atom is 0.141 e. The van der Waals surface area contributed by atoms with Crippen molar-refractivity contribution in [3.8, 4) is 6.07 Å². The number of aliphatic hydroxyl groups excluding tert-OH is 1. The molecule has 5 heteroatoms. The van der Waals surface area contributed by atoms with Gasteiger partial charge in [-0.1, -0.05) is 6.07 Å². The highest BCUT2D eigenvalue weighted by molar-refractivity contribution is 7.99. The summed E-state index contributed by atoms with van der Waals surface area (Å²) in [6.45, 7) is 2.16. The first kappa shape index (κ1) is 17.3. The molecule has 2 rings (SSSR count). The molecule has 0 amide bonds. The zero-order chi connectivity index (χ0) is 16.7. The molecule has 2 aromatic carbocycles. The number of nitrogens with one attached hydrogen (secondary N) is 1. The summed E-state index contributed by atoms with van der Waals surface area (Å²) in [4.78, 5) is 1.15. The minimum absolute atomic E-state index is 0.0604. The Bertz CT molecular complexity index is 682. The third kappa shape index (κ3) is 4.98. The summed E-state index contributed by atoms with van der Waals surface area (Å²) in [6.07, 6.45) is 0.784. The highest BCUT2D eigenvalue weighted by Crippen LogP contribution is 2.24. The fraction of sp³-hybridized carbons (Fsp3) is 0.278. The van der Waals surface area contributed by atoms with Crippen molar-refractivity contribution in [2.24, 2.45) is 0 Å². The predicted molar refractivity (Wildman–Crippen MR) is 92.0 cm³/mol. The van der Waals surface area contributed by atoms with Gasteiger partial charge in [0, 0.05) is 29.0 Å². The Labute approximate surface area is 140 Å². The molecule has 2 N–H and O–H groups in total. The summed E-state index contributed by atoms with van der Waals surface area (Å²) in [5.41, 5.74) is 1.81. The van der Waals surface area contributed by atoms with Crippen LogP contribution in [0.25, 0.3) is 0 Å². The van der Waals surface area contributed by atoms with Crippen LogP contribution >= 0.6 is 11.8 Å². The average molecular weight is 330 g/mol. The van der Waals surface area contributed by atoms with Gasteiger partial charge in [-0.3, -0.25) is 0 Å². The first-order valence-corrected chi connectivity index (χ1v) is 8.42. The molecule has 0 saturated heterocycles. The van der Waals surface area contributed by atoms with Gasteiger partial charge in [0.15, 0.2) is 0 Å². The fourth-order valence-corrected chi connectivity index (χ4v) is 2.96. The van der Waals surface area contributed by atoms with E-state index in [2.05, 4.69) is 5.32 Å². The largest absolute Gasteiger partial charge is 0.396 e. The van der Waals surface area contributed by atoms with E-state index in [1.807, 2.05) is 37.3 Å². The number of hydrogen-bond acceptors (Lipinski definition) is 4. The van der Waals surface area contributed by atoms with E-state index >= 15 is 0 Å². The highest BCUT2D eigenvalue weighted by atomic mass is 32.2. The van der Waals surface area contributed by atoms with Gasteiger partial charge < -0.3 is 10.4 Å². The number of halogens is 1. The van der Waals surface area contributed by atoms with Crippen molar-refractivity contribution in [2.45, 2.75) is 24.3 Å². The van der Waals surface area contributed by atoms with E-state index in [-0.39, 0.29) is 18.2 Å². The Morgan fingerprint density at radius 1 is 1.26 bits per heavy atom. The number of nitriles is 1. The van der Waals surface area contributed by atoms with Gasteiger partial charge in [0.25, 0.3) is 0 Å². The van der Waals surface area contributed by atoms with Gasteiger partial charge in [0.2, 0.25) is 0 Å². The molecule has 23 heavy (non-hydrogen) atoms. The third-order valence-corrected chi connectivity index (χ3v) is 4.52. The molecule has 2 aromatic rings. The molecule has 1 unspecified atom stereocenters. The molecule has 0 radical (unpaired) electrons. The number of aliphatic hydroxyl groups is 1. The van der Waals surface area contributed by atoms with Crippen LogP contribution < -0.4 is 5.32 Å². The van der Waals surface area contributed by atoms with Gasteiger partial charge in [-0.2, -0.15) is 5.26 Å². The van der Waals surface area contributed by atoms with Crippen molar-refractivity contribution in [3.63, 3.8) is 0 Å². The van der Waals surface area contributed by atoms with E-state index < -0.39 is 5.82 Å². The molecular weight excluding hydrogens is 311 g/mol. The first-order valence-electron chi connectivity index (χ1n) is 7.44. The van der Waals surface area contributed by atoms with E-state index in [0.29, 0.717) is 0 Å². The summed E-state index contributed by atoms with van der Waals surface area (Å²) in [7, 11) is 0. The van der Waals surface area contributed by atoms with Crippen LogP contribution in [-0.4, -0.2) is 17.5 Å². The van der Waals surface area contributed by atoms with Crippen LogP contribution in [0.4, 0.5) is 10.1 Å². The maximum atomic E-state index is 13.7. The predicted octanol–water partition coefficient (Wildman–Crippen LogP) is 4.34. The first-order chi connectivity index (χ1) is 11.1. The lowest BCUT2D eigenvalue weighted by atomic mass is 10.1. The highest BCUT2D eigenvalue weighted by Gasteiger charge is 2.09. The second-order valence-electron chi connectivity index (χ2n) is 5.17. The van der Waals surface area contributed by atoms with Crippen LogP contribution in [0, 0.1) is 17.1 Å². The maximum absolute atomic E-state index is 13.7. The van der Waals surface area contributed by atoms with Crippen LogP contribution in [0.1, 0.15) is 30.5 Å². The molecular formula is C18H19FN2OS. The van der Waals surface area contributed by atoms with Crippen LogP contribution in [-0.2, 0) is 0 Å². The standard InChI is InChI=1S/C18H19FN2OS/c1-13(14-3-4-15(12-20)18(19)11-14)21-16-5-7-17(8-6-16)23-10-2-9-22/h3-8,11,13,21-22H,2,9-10H2,1H3. The summed E-state index contributed by atoms with van der Waals surface area (Å²) in [6, 6.07) is 14.4. The molecule has 120 valence electrons. The zero-order valence-corrected chi connectivity index (χ0v) is 13.7. The van der Waals surface area contributed by atoms with Crippen molar-refractivity contribution in [1.82, 2.24) is 0 Å². The quantitative estimate of drug-likeness (QED) is 0.585. The molecule has 0 aromatic heterocycles. The smallest absolute Gasteiger partial charge is 0.141 e. The number of nitrogens with zero attached hydrogens (tertiary/aromatic N) is 1. The Hall–Kier alpha value is -2.03. The Morgan fingerprint density at radius 3 is 2.61 bits per heavy atom. The van der Waals surface area contributed by atoms with Crippen molar-refractivity contribution in [3.05, 3.63) is 59.4 Å². The monoisotopic (exact) mass is 330 g/mol. The molecule has 0 spiro atoms. The summed E-state index contributed by atoms with van der Waals surface area (Å²) < 4.78 is 13.7. The second kappa shape index (κ2) is 8.56. The Morgan fingerprint density at radius 2 is 2.00 bits per heavy atom. The molecule has 0 bridgehead atoms. The lowest BCUT2D eigenvalue weighted by Gasteiger charge is -2.16. The van der Waals surface area contributed by atoms with E-state index in [0.717, 1.165) is 28.3 Å². The topological polar surface area (TPSA) is 56.0 Å². The van der Waals surface area contributed by atoms with Gasteiger partial charge in [0.05, 0.1) is 5.56 Å². The summed E-state index contributed by atoms with van der Waals surface area (Å²) in [5, 5.41) is 20.9. The van der Waals surface area contributed by atoms with E-state index in [1.54, 1.807) is 17.8 Å². The summed E-state index contributed by atoms with van der Waals surface area (Å²) in [5.74, 6) is 0.402. The van der Waals surface area contributed by atoms with Gasteiger partial charge in [-0.05, 0) is 55.3 Å². The van der Waals surface area contributed by atoms with Crippen molar-refractivity contribution in [2.75, 3.05) is 17.7 Å². The van der Waals surface area contributed by atoms with E-state index in [9.17, 15) is 4.39 Å². The Kier molecular flexibility index (Phi) is 6.45. The van der Waals surface area contributed by atoms with Gasteiger partial charge >= 0.3 is 0 Å². The van der Waals surface area contributed by atoms with Crippen LogP contribution in [0.15, 0.2) is 47.4 Å². The SMILES string of the molecule is CC(Nc1ccc(SCCCO)cc1)c1ccc(C#N)c(F)c1. The number of rotatable bonds is 7. The average Bonchev–Trinajstić information content (AvgIpc) is 2.56. The lowest BCUT2D eigenvalue weighted by molar-refractivity contribution is 0.296. The normalized spacial score (nSPS) is 11.7. The summed E-state index contributed by atoms with van der Waals surface area (Å²) >= 11 is 1.71. The molecule has 0 aliphatic carbocycles.